The molecule has 1 heterocycles. The van der Waals surface area contributed by atoms with Gasteiger partial charge in [-0.2, -0.15) is 0 Å². The highest BCUT2D eigenvalue weighted by molar-refractivity contribution is 5.99. The lowest BCUT2D eigenvalue weighted by Crippen LogP contribution is -2.56. The number of piperidine rings is 1. The van der Waals surface area contributed by atoms with E-state index in [1.807, 2.05) is 32.6 Å². The second kappa shape index (κ2) is 4.39. The number of nitrogens with zero attached hydrogens (tertiary/aromatic N) is 1. The van der Waals surface area contributed by atoms with Crippen LogP contribution in [0.3, 0.4) is 0 Å². The van der Waals surface area contributed by atoms with Gasteiger partial charge in [-0.15, -0.1) is 0 Å². The molecule has 0 spiro atoms. The number of aryl methyl sites for hydroxylation is 2. The lowest BCUT2D eigenvalue weighted by Gasteiger charge is -2.42. The fourth-order valence-corrected chi connectivity index (χ4v) is 2.48. The van der Waals surface area contributed by atoms with E-state index in [1.54, 1.807) is 0 Å². The number of hydrogen-bond donors (Lipinski definition) is 1. The maximum absolute atomic E-state index is 12.6. The van der Waals surface area contributed by atoms with E-state index in [0.717, 1.165) is 17.7 Å². The molecule has 1 aromatic carbocycles. The van der Waals surface area contributed by atoms with E-state index in [2.05, 4.69) is 18.2 Å². The standard InChI is InChI=1S/C15H22N2O/c1-10-5-6-11(2)12(9-10)17-8-7-13(16)15(3,4)14(17)18/h5-6,9,13H,7-8,16H2,1-4H3. The molecule has 1 aliphatic rings. The zero-order valence-corrected chi connectivity index (χ0v) is 11.7. The lowest BCUT2D eigenvalue weighted by atomic mass is 9.78. The minimum Gasteiger partial charge on any atom is -0.327 e. The summed E-state index contributed by atoms with van der Waals surface area (Å²) in [4.78, 5) is 14.5. The van der Waals surface area contributed by atoms with Gasteiger partial charge in [0.1, 0.15) is 0 Å². The van der Waals surface area contributed by atoms with Crippen LogP contribution in [0.2, 0.25) is 0 Å². The molecular formula is C15H22N2O. The Balaban J connectivity index is 2.40. The van der Waals surface area contributed by atoms with Crippen LogP contribution in [0, 0.1) is 19.3 Å². The fraction of sp³-hybridized carbons (Fsp3) is 0.533. The Kier molecular flexibility index (Phi) is 3.20. The molecule has 0 radical (unpaired) electrons. The van der Waals surface area contributed by atoms with Crippen LogP contribution < -0.4 is 10.6 Å². The summed E-state index contributed by atoms with van der Waals surface area (Å²) in [5.41, 5.74) is 8.93. The van der Waals surface area contributed by atoms with Crippen molar-refractivity contribution in [2.45, 2.75) is 40.2 Å². The molecule has 3 nitrogen and oxygen atoms in total. The minimum atomic E-state index is -0.478. The Hall–Kier alpha value is -1.35. The summed E-state index contributed by atoms with van der Waals surface area (Å²) in [5, 5.41) is 0. The van der Waals surface area contributed by atoms with Crippen LogP contribution in [0.4, 0.5) is 5.69 Å². The van der Waals surface area contributed by atoms with Crippen molar-refractivity contribution in [3.8, 4) is 0 Å². The van der Waals surface area contributed by atoms with E-state index < -0.39 is 5.41 Å². The quantitative estimate of drug-likeness (QED) is 0.827. The van der Waals surface area contributed by atoms with E-state index in [4.69, 9.17) is 5.73 Å². The number of anilines is 1. The van der Waals surface area contributed by atoms with Crippen LogP contribution in [0.1, 0.15) is 31.4 Å². The average molecular weight is 246 g/mol. The Bertz CT molecular complexity index is 479. The molecule has 1 atom stereocenters. The number of benzene rings is 1. The van der Waals surface area contributed by atoms with Gasteiger partial charge in [-0.1, -0.05) is 12.1 Å². The van der Waals surface area contributed by atoms with Gasteiger partial charge < -0.3 is 10.6 Å². The molecule has 98 valence electrons. The van der Waals surface area contributed by atoms with Crippen molar-refractivity contribution in [3.05, 3.63) is 29.3 Å². The molecule has 1 saturated heterocycles. The Morgan fingerprint density at radius 3 is 2.67 bits per heavy atom. The molecule has 1 fully saturated rings. The Labute approximate surface area is 109 Å². The number of amides is 1. The first-order valence-electron chi connectivity index (χ1n) is 6.49. The summed E-state index contributed by atoms with van der Waals surface area (Å²) in [6.45, 7) is 8.69. The van der Waals surface area contributed by atoms with Crippen LogP contribution in [-0.2, 0) is 4.79 Å². The van der Waals surface area contributed by atoms with Gasteiger partial charge in [-0.25, -0.2) is 0 Å². The van der Waals surface area contributed by atoms with Crippen molar-refractivity contribution in [2.24, 2.45) is 11.1 Å². The molecule has 18 heavy (non-hydrogen) atoms. The molecule has 0 bridgehead atoms. The van der Waals surface area contributed by atoms with E-state index in [-0.39, 0.29) is 11.9 Å². The van der Waals surface area contributed by atoms with Crippen LogP contribution in [0.15, 0.2) is 18.2 Å². The molecule has 0 saturated carbocycles. The number of rotatable bonds is 1. The van der Waals surface area contributed by atoms with E-state index in [1.165, 1.54) is 5.56 Å². The third kappa shape index (κ3) is 2.03. The molecular weight excluding hydrogens is 224 g/mol. The topological polar surface area (TPSA) is 46.3 Å². The zero-order valence-electron chi connectivity index (χ0n) is 11.7. The normalized spacial score (nSPS) is 23.3. The number of nitrogens with two attached hydrogens (primary N) is 1. The molecule has 0 aromatic heterocycles. The predicted octanol–water partition coefficient (Wildman–Crippen LogP) is 2.39. The third-order valence-corrected chi connectivity index (χ3v) is 4.04. The highest BCUT2D eigenvalue weighted by Crippen LogP contribution is 2.34. The first kappa shape index (κ1) is 13.1. The summed E-state index contributed by atoms with van der Waals surface area (Å²) in [6.07, 6.45) is 0.853. The SMILES string of the molecule is Cc1ccc(C)c(N2CCC(N)C(C)(C)C2=O)c1. The molecule has 1 aromatic rings. The molecule has 1 unspecified atom stereocenters. The van der Waals surface area contributed by atoms with Crippen molar-refractivity contribution in [1.29, 1.82) is 0 Å². The molecule has 1 aliphatic heterocycles. The van der Waals surface area contributed by atoms with Crippen molar-refractivity contribution in [1.82, 2.24) is 0 Å². The average Bonchev–Trinajstić information content (AvgIpc) is 2.31. The summed E-state index contributed by atoms with van der Waals surface area (Å²) in [6, 6.07) is 6.18. The summed E-state index contributed by atoms with van der Waals surface area (Å²) >= 11 is 0. The van der Waals surface area contributed by atoms with Gasteiger partial charge in [-0.05, 0) is 51.3 Å². The van der Waals surface area contributed by atoms with Crippen LogP contribution in [0.5, 0.6) is 0 Å². The van der Waals surface area contributed by atoms with Crippen LogP contribution in [0.25, 0.3) is 0 Å². The van der Waals surface area contributed by atoms with Gasteiger partial charge in [0.25, 0.3) is 0 Å². The maximum atomic E-state index is 12.6. The minimum absolute atomic E-state index is 0.0497. The summed E-state index contributed by atoms with van der Waals surface area (Å²) in [7, 11) is 0. The van der Waals surface area contributed by atoms with Crippen molar-refractivity contribution in [2.75, 3.05) is 11.4 Å². The number of hydrogen-bond acceptors (Lipinski definition) is 2. The van der Waals surface area contributed by atoms with Crippen molar-refractivity contribution in [3.63, 3.8) is 0 Å². The van der Waals surface area contributed by atoms with Gasteiger partial charge in [0, 0.05) is 18.3 Å². The van der Waals surface area contributed by atoms with Gasteiger partial charge >= 0.3 is 0 Å². The van der Waals surface area contributed by atoms with Gasteiger partial charge in [-0.3, -0.25) is 4.79 Å². The first-order chi connectivity index (χ1) is 8.34. The molecule has 1 amide bonds. The van der Waals surface area contributed by atoms with Gasteiger partial charge in [0.15, 0.2) is 0 Å². The van der Waals surface area contributed by atoms with Crippen molar-refractivity contribution >= 4 is 11.6 Å². The van der Waals surface area contributed by atoms with Gasteiger partial charge in [0.2, 0.25) is 5.91 Å². The second-order valence-electron chi connectivity index (χ2n) is 5.86. The highest BCUT2D eigenvalue weighted by Gasteiger charge is 2.42. The number of carbonyl (C=O) groups excluding carboxylic acids is 1. The Morgan fingerprint density at radius 1 is 1.33 bits per heavy atom. The van der Waals surface area contributed by atoms with Crippen LogP contribution >= 0.6 is 0 Å². The molecule has 0 aliphatic carbocycles. The monoisotopic (exact) mass is 246 g/mol. The van der Waals surface area contributed by atoms with E-state index in [9.17, 15) is 4.79 Å². The first-order valence-corrected chi connectivity index (χ1v) is 6.49. The highest BCUT2D eigenvalue weighted by atomic mass is 16.2. The maximum Gasteiger partial charge on any atom is 0.234 e. The largest absolute Gasteiger partial charge is 0.327 e. The lowest BCUT2D eigenvalue weighted by molar-refractivity contribution is -0.129. The number of carbonyl (C=O) groups is 1. The third-order valence-electron chi connectivity index (χ3n) is 4.04. The van der Waals surface area contributed by atoms with E-state index in [0.29, 0.717) is 6.54 Å². The van der Waals surface area contributed by atoms with Crippen LogP contribution in [-0.4, -0.2) is 18.5 Å². The molecule has 2 N–H and O–H groups in total. The smallest absolute Gasteiger partial charge is 0.234 e. The molecule has 3 heteroatoms. The predicted molar refractivity (Wildman–Crippen MR) is 74.6 cm³/mol. The summed E-state index contributed by atoms with van der Waals surface area (Å²) in [5.74, 6) is 0.134. The Morgan fingerprint density at radius 2 is 2.00 bits per heavy atom. The fourth-order valence-electron chi connectivity index (χ4n) is 2.48. The van der Waals surface area contributed by atoms with E-state index >= 15 is 0 Å². The second-order valence-corrected chi connectivity index (χ2v) is 5.86. The summed E-state index contributed by atoms with van der Waals surface area (Å²) < 4.78 is 0. The molecule has 2 rings (SSSR count). The van der Waals surface area contributed by atoms with Crippen molar-refractivity contribution < 1.29 is 4.79 Å². The zero-order chi connectivity index (χ0) is 13.5. The van der Waals surface area contributed by atoms with Gasteiger partial charge in [0.05, 0.1) is 5.41 Å².